The molecular formula is C13H26N2O. The minimum atomic E-state index is -0.558. The van der Waals surface area contributed by atoms with Gasteiger partial charge < -0.3 is 5.11 Å². The molecule has 0 saturated carbocycles. The Morgan fingerprint density at radius 2 is 1.69 bits per heavy atom. The molecule has 2 rings (SSSR count). The molecule has 3 nitrogen and oxygen atoms in total. The van der Waals surface area contributed by atoms with Gasteiger partial charge in [0.2, 0.25) is 0 Å². The maximum absolute atomic E-state index is 9.88. The number of β-amino-alcohol motifs (C(OH)–C–C–N with tert-alkyl or cyclic N) is 1. The van der Waals surface area contributed by atoms with Crippen LogP contribution < -0.4 is 0 Å². The molecule has 0 amide bonds. The van der Waals surface area contributed by atoms with Crippen LogP contribution in [0.5, 0.6) is 0 Å². The van der Waals surface area contributed by atoms with Gasteiger partial charge in [0, 0.05) is 37.3 Å². The van der Waals surface area contributed by atoms with Crippen molar-refractivity contribution in [1.82, 2.24) is 9.80 Å². The van der Waals surface area contributed by atoms with Crippen LogP contribution in [0.25, 0.3) is 0 Å². The fourth-order valence-corrected chi connectivity index (χ4v) is 3.26. The number of aliphatic hydroxyl groups is 1. The predicted octanol–water partition coefficient (Wildman–Crippen LogP) is 1.31. The minimum absolute atomic E-state index is 0.292. The zero-order valence-corrected chi connectivity index (χ0v) is 11.3. The minimum Gasteiger partial charge on any atom is -0.389 e. The van der Waals surface area contributed by atoms with Crippen molar-refractivity contribution >= 4 is 0 Å². The van der Waals surface area contributed by atoms with Crippen LogP contribution in [0.4, 0.5) is 0 Å². The smallest absolute Gasteiger partial charge is 0.0718 e. The van der Waals surface area contributed by atoms with Gasteiger partial charge >= 0.3 is 0 Å². The number of fused-ring (bicyclic) bond motifs is 2. The quantitative estimate of drug-likeness (QED) is 0.769. The Labute approximate surface area is 99.4 Å². The normalized spacial score (nSPS) is 32.6. The standard InChI is InChI=1S/C13H26N2O/c1-12(2,3)15-8-10-6-11(15)7-14(10)9-13(4,5)16/h10-11,16H,6-9H2,1-5H3/t10-,11-/m0/s1. The molecule has 2 atom stereocenters. The number of piperazine rings is 1. The largest absolute Gasteiger partial charge is 0.389 e. The van der Waals surface area contributed by atoms with E-state index in [4.69, 9.17) is 0 Å². The van der Waals surface area contributed by atoms with E-state index in [1.54, 1.807) is 0 Å². The SMILES string of the molecule is CC(C)(O)CN1C[C@@H]2C[C@H]1CN2C(C)(C)C. The van der Waals surface area contributed by atoms with Crippen LogP contribution in [0.2, 0.25) is 0 Å². The van der Waals surface area contributed by atoms with Gasteiger partial charge in [-0.2, -0.15) is 0 Å². The average molecular weight is 226 g/mol. The van der Waals surface area contributed by atoms with E-state index in [1.807, 2.05) is 13.8 Å². The Morgan fingerprint density at radius 3 is 2.06 bits per heavy atom. The number of hydrogen-bond donors (Lipinski definition) is 1. The third-order valence-electron chi connectivity index (χ3n) is 3.81. The zero-order valence-electron chi connectivity index (χ0n) is 11.3. The summed E-state index contributed by atoms with van der Waals surface area (Å²) in [6.07, 6.45) is 1.29. The second-order valence-electron chi connectivity index (χ2n) is 7.11. The molecule has 0 unspecified atom stereocenters. The maximum Gasteiger partial charge on any atom is 0.0718 e. The Balaban J connectivity index is 1.96. The van der Waals surface area contributed by atoms with Crippen LogP contribution in [-0.2, 0) is 0 Å². The van der Waals surface area contributed by atoms with Crippen LogP contribution in [0.3, 0.4) is 0 Å². The van der Waals surface area contributed by atoms with Crippen LogP contribution in [-0.4, -0.2) is 57.8 Å². The highest BCUT2D eigenvalue weighted by Gasteiger charge is 2.47. The molecule has 0 aliphatic carbocycles. The first kappa shape index (κ1) is 12.3. The molecule has 2 fully saturated rings. The van der Waals surface area contributed by atoms with E-state index in [9.17, 15) is 5.11 Å². The third kappa shape index (κ3) is 2.41. The molecule has 16 heavy (non-hydrogen) atoms. The van der Waals surface area contributed by atoms with E-state index in [1.165, 1.54) is 13.0 Å². The lowest BCUT2D eigenvalue weighted by Crippen LogP contribution is -2.55. The van der Waals surface area contributed by atoms with Crippen LogP contribution in [0.1, 0.15) is 41.0 Å². The molecule has 0 aromatic carbocycles. The Kier molecular flexibility index (Phi) is 2.84. The van der Waals surface area contributed by atoms with Crippen molar-refractivity contribution in [2.24, 2.45) is 0 Å². The van der Waals surface area contributed by atoms with Gasteiger partial charge in [-0.1, -0.05) is 0 Å². The van der Waals surface area contributed by atoms with Crippen molar-refractivity contribution in [2.45, 2.75) is 64.3 Å². The topological polar surface area (TPSA) is 26.7 Å². The molecule has 3 heteroatoms. The van der Waals surface area contributed by atoms with Gasteiger partial charge in [0.25, 0.3) is 0 Å². The molecule has 0 aromatic rings. The molecule has 94 valence electrons. The second kappa shape index (κ2) is 3.69. The van der Waals surface area contributed by atoms with Crippen LogP contribution in [0, 0.1) is 0 Å². The summed E-state index contributed by atoms with van der Waals surface area (Å²) in [6, 6.07) is 1.36. The number of rotatable bonds is 2. The van der Waals surface area contributed by atoms with E-state index in [0.29, 0.717) is 17.6 Å². The van der Waals surface area contributed by atoms with Crippen molar-refractivity contribution in [3.8, 4) is 0 Å². The van der Waals surface area contributed by atoms with Gasteiger partial charge in [0.1, 0.15) is 0 Å². The molecule has 0 aromatic heterocycles. The highest BCUT2D eigenvalue weighted by atomic mass is 16.3. The Morgan fingerprint density at radius 1 is 1.06 bits per heavy atom. The number of nitrogens with zero attached hydrogens (tertiary/aromatic N) is 2. The molecular weight excluding hydrogens is 200 g/mol. The van der Waals surface area contributed by atoms with Gasteiger partial charge in [-0.25, -0.2) is 0 Å². The highest BCUT2D eigenvalue weighted by molar-refractivity contribution is 5.04. The van der Waals surface area contributed by atoms with Crippen LogP contribution in [0.15, 0.2) is 0 Å². The van der Waals surface area contributed by atoms with Gasteiger partial charge in [-0.15, -0.1) is 0 Å². The van der Waals surface area contributed by atoms with Crippen molar-refractivity contribution in [3.63, 3.8) is 0 Å². The van der Waals surface area contributed by atoms with Crippen molar-refractivity contribution in [3.05, 3.63) is 0 Å². The van der Waals surface area contributed by atoms with Crippen molar-refractivity contribution in [2.75, 3.05) is 19.6 Å². The molecule has 0 spiro atoms. The summed E-state index contributed by atoms with van der Waals surface area (Å²) in [5, 5.41) is 9.88. The zero-order chi connectivity index (χ0) is 12.1. The van der Waals surface area contributed by atoms with E-state index in [-0.39, 0.29) is 0 Å². The predicted molar refractivity (Wildman–Crippen MR) is 66.5 cm³/mol. The first-order valence-corrected chi connectivity index (χ1v) is 6.40. The van der Waals surface area contributed by atoms with E-state index < -0.39 is 5.60 Å². The molecule has 1 N–H and O–H groups in total. The molecule has 2 heterocycles. The number of likely N-dealkylation sites (tertiary alicyclic amines) is 2. The van der Waals surface area contributed by atoms with Gasteiger partial charge in [0.15, 0.2) is 0 Å². The van der Waals surface area contributed by atoms with Gasteiger partial charge in [0.05, 0.1) is 5.60 Å². The summed E-state index contributed by atoms with van der Waals surface area (Å²) in [4.78, 5) is 5.09. The fraction of sp³-hybridized carbons (Fsp3) is 1.00. The van der Waals surface area contributed by atoms with E-state index in [0.717, 1.165) is 13.1 Å². The van der Waals surface area contributed by atoms with Crippen LogP contribution >= 0.6 is 0 Å². The molecule has 2 saturated heterocycles. The monoisotopic (exact) mass is 226 g/mol. The summed E-state index contributed by atoms with van der Waals surface area (Å²) in [5.41, 5.74) is -0.267. The molecule has 2 bridgehead atoms. The average Bonchev–Trinajstić information content (AvgIpc) is 2.56. The second-order valence-corrected chi connectivity index (χ2v) is 7.11. The summed E-state index contributed by atoms with van der Waals surface area (Å²) >= 11 is 0. The molecule has 0 radical (unpaired) electrons. The lowest BCUT2D eigenvalue weighted by atomic mass is 10.0. The van der Waals surface area contributed by atoms with Crippen molar-refractivity contribution < 1.29 is 5.11 Å². The van der Waals surface area contributed by atoms with Crippen molar-refractivity contribution in [1.29, 1.82) is 0 Å². The Bertz CT molecular complexity index is 264. The first-order chi connectivity index (χ1) is 7.17. The molecule has 2 aliphatic heterocycles. The maximum atomic E-state index is 9.88. The van der Waals surface area contributed by atoms with Gasteiger partial charge in [-0.3, -0.25) is 9.80 Å². The summed E-state index contributed by atoms with van der Waals surface area (Å²) in [5.74, 6) is 0. The summed E-state index contributed by atoms with van der Waals surface area (Å²) < 4.78 is 0. The van der Waals surface area contributed by atoms with E-state index in [2.05, 4.69) is 30.6 Å². The van der Waals surface area contributed by atoms with E-state index >= 15 is 0 Å². The first-order valence-electron chi connectivity index (χ1n) is 6.40. The lowest BCUT2D eigenvalue weighted by Gasteiger charge is -2.43. The Hall–Kier alpha value is -0.120. The number of hydrogen-bond acceptors (Lipinski definition) is 3. The third-order valence-corrected chi connectivity index (χ3v) is 3.81. The highest BCUT2D eigenvalue weighted by Crippen LogP contribution is 2.35. The lowest BCUT2D eigenvalue weighted by molar-refractivity contribution is -0.0000470. The molecule has 2 aliphatic rings. The summed E-state index contributed by atoms with van der Waals surface area (Å²) in [7, 11) is 0. The fourth-order valence-electron chi connectivity index (χ4n) is 3.26. The summed E-state index contributed by atoms with van der Waals surface area (Å²) in [6.45, 7) is 13.8. The van der Waals surface area contributed by atoms with Gasteiger partial charge in [-0.05, 0) is 41.0 Å².